The van der Waals surface area contributed by atoms with Crippen molar-refractivity contribution in [2.45, 2.75) is 46.1 Å². The molecule has 2 atom stereocenters. The maximum absolute atomic E-state index is 5.35. The summed E-state index contributed by atoms with van der Waals surface area (Å²) in [4.78, 5) is 2.49. The summed E-state index contributed by atoms with van der Waals surface area (Å²) in [5, 5.41) is 3.70. The summed E-state index contributed by atoms with van der Waals surface area (Å²) in [6.45, 7) is 13.2. The summed E-state index contributed by atoms with van der Waals surface area (Å²) in [6.07, 6.45) is 3.85. The van der Waals surface area contributed by atoms with Crippen molar-refractivity contribution < 1.29 is 4.74 Å². The zero-order valence-corrected chi connectivity index (χ0v) is 11.9. The van der Waals surface area contributed by atoms with Crippen molar-refractivity contribution in [2.24, 2.45) is 5.92 Å². The van der Waals surface area contributed by atoms with Gasteiger partial charge in [-0.25, -0.2) is 0 Å². The Balaban J connectivity index is 2.09. The van der Waals surface area contributed by atoms with Gasteiger partial charge in [0.25, 0.3) is 0 Å². The monoisotopic (exact) mass is 242 g/mol. The second-order valence-corrected chi connectivity index (χ2v) is 5.26. The molecule has 0 radical (unpaired) electrons. The number of hydrogen-bond acceptors (Lipinski definition) is 3. The average Bonchev–Trinajstić information content (AvgIpc) is 2.38. The molecule has 0 bridgehead atoms. The third-order valence-electron chi connectivity index (χ3n) is 3.84. The van der Waals surface area contributed by atoms with E-state index in [0.717, 1.165) is 38.8 Å². The summed E-state index contributed by atoms with van der Waals surface area (Å²) >= 11 is 0. The Hall–Kier alpha value is -0.120. The molecule has 1 aliphatic heterocycles. The van der Waals surface area contributed by atoms with Gasteiger partial charge in [-0.2, -0.15) is 0 Å². The topological polar surface area (TPSA) is 24.5 Å². The van der Waals surface area contributed by atoms with Crippen molar-refractivity contribution in [1.29, 1.82) is 0 Å². The molecule has 2 unspecified atom stereocenters. The van der Waals surface area contributed by atoms with Crippen LogP contribution in [0.3, 0.4) is 0 Å². The number of nitrogens with one attached hydrogen (secondary N) is 1. The van der Waals surface area contributed by atoms with Crippen molar-refractivity contribution in [3.63, 3.8) is 0 Å². The van der Waals surface area contributed by atoms with E-state index >= 15 is 0 Å². The largest absolute Gasteiger partial charge is 0.379 e. The van der Waals surface area contributed by atoms with E-state index in [1.54, 1.807) is 0 Å². The molecule has 3 heteroatoms. The molecular formula is C14H30N2O. The zero-order chi connectivity index (χ0) is 12.5. The predicted molar refractivity (Wildman–Crippen MR) is 73.4 cm³/mol. The quantitative estimate of drug-likeness (QED) is 0.705. The van der Waals surface area contributed by atoms with E-state index in [9.17, 15) is 0 Å². The van der Waals surface area contributed by atoms with E-state index in [4.69, 9.17) is 4.74 Å². The predicted octanol–water partition coefficient (Wildman–Crippen LogP) is 2.12. The molecule has 0 saturated carbocycles. The zero-order valence-electron chi connectivity index (χ0n) is 11.9. The Labute approximate surface area is 107 Å². The maximum Gasteiger partial charge on any atom is 0.0594 e. The van der Waals surface area contributed by atoms with Gasteiger partial charge >= 0.3 is 0 Å². The van der Waals surface area contributed by atoms with E-state index in [1.807, 2.05) is 0 Å². The Kier molecular flexibility index (Phi) is 7.82. The Bertz CT molecular complexity index is 181. The van der Waals surface area contributed by atoms with Crippen LogP contribution in [0.4, 0.5) is 0 Å². The van der Waals surface area contributed by atoms with Gasteiger partial charge in [0.05, 0.1) is 13.2 Å². The first-order valence-electron chi connectivity index (χ1n) is 7.29. The van der Waals surface area contributed by atoms with Crippen LogP contribution in [0.1, 0.15) is 40.0 Å². The molecule has 0 amide bonds. The first-order valence-corrected chi connectivity index (χ1v) is 7.29. The highest BCUT2D eigenvalue weighted by Crippen LogP contribution is 2.11. The molecule has 17 heavy (non-hydrogen) atoms. The van der Waals surface area contributed by atoms with Gasteiger partial charge in [-0.15, -0.1) is 0 Å². The molecule has 0 aromatic carbocycles. The number of morpholine rings is 1. The molecule has 0 aliphatic carbocycles. The maximum atomic E-state index is 5.35. The summed E-state index contributed by atoms with van der Waals surface area (Å²) < 4.78 is 5.35. The number of hydrogen-bond donors (Lipinski definition) is 1. The second-order valence-electron chi connectivity index (χ2n) is 5.26. The number of rotatable bonds is 8. The highest BCUT2D eigenvalue weighted by atomic mass is 16.5. The molecule has 0 spiro atoms. The summed E-state index contributed by atoms with van der Waals surface area (Å²) in [5.74, 6) is 0.843. The van der Waals surface area contributed by atoms with Crippen LogP contribution in [-0.2, 0) is 4.74 Å². The van der Waals surface area contributed by atoms with Gasteiger partial charge in [0, 0.05) is 32.2 Å². The van der Waals surface area contributed by atoms with Crippen LogP contribution in [-0.4, -0.2) is 50.3 Å². The summed E-state index contributed by atoms with van der Waals surface area (Å²) in [5.41, 5.74) is 0. The summed E-state index contributed by atoms with van der Waals surface area (Å²) in [6, 6.07) is 0.700. The number of ether oxygens (including phenoxy) is 1. The normalized spacial score (nSPS) is 21.4. The molecule has 102 valence electrons. The van der Waals surface area contributed by atoms with E-state index in [-0.39, 0.29) is 0 Å². The molecule has 1 heterocycles. The molecule has 1 rings (SSSR count). The lowest BCUT2D eigenvalue weighted by atomic mass is 9.98. The Morgan fingerprint density at radius 3 is 2.47 bits per heavy atom. The molecular weight excluding hydrogens is 212 g/mol. The fraction of sp³-hybridized carbons (Fsp3) is 1.00. The Morgan fingerprint density at radius 2 is 1.88 bits per heavy atom. The molecule has 1 aliphatic rings. The lowest BCUT2D eigenvalue weighted by Gasteiger charge is -2.28. The van der Waals surface area contributed by atoms with Gasteiger partial charge in [-0.05, 0) is 18.8 Å². The first kappa shape index (κ1) is 14.9. The minimum absolute atomic E-state index is 0.700. The van der Waals surface area contributed by atoms with Crippen molar-refractivity contribution in [1.82, 2.24) is 10.2 Å². The van der Waals surface area contributed by atoms with E-state index in [1.165, 1.54) is 25.8 Å². The van der Waals surface area contributed by atoms with Crippen LogP contribution in [0.25, 0.3) is 0 Å². The molecule has 1 N–H and O–H groups in total. The molecule has 1 fully saturated rings. The van der Waals surface area contributed by atoms with Crippen LogP contribution in [0.2, 0.25) is 0 Å². The fourth-order valence-corrected chi connectivity index (χ4v) is 2.30. The lowest BCUT2D eigenvalue weighted by Crippen LogP contribution is -2.42. The molecule has 3 nitrogen and oxygen atoms in total. The van der Waals surface area contributed by atoms with Gasteiger partial charge in [0.1, 0.15) is 0 Å². The minimum atomic E-state index is 0.700. The van der Waals surface area contributed by atoms with Gasteiger partial charge in [0.2, 0.25) is 0 Å². The minimum Gasteiger partial charge on any atom is -0.379 e. The van der Waals surface area contributed by atoms with Crippen LogP contribution in [0, 0.1) is 5.92 Å². The van der Waals surface area contributed by atoms with Crippen LogP contribution < -0.4 is 5.32 Å². The van der Waals surface area contributed by atoms with Crippen LogP contribution in [0.5, 0.6) is 0 Å². The van der Waals surface area contributed by atoms with E-state index in [0.29, 0.717) is 6.04 Å². The van der Waals surface area contributed by atoms with Gasteiger partial charge in [-0.3, -0.25) is 4.90 Å². The highest BCUT2D eigenvalue weighted by molar-refractivity contribution is 4.70. The second kappa shape index (κ2) is 8.90. The molecule has 0 aromatic rings. The first-order chi connectivity index (χ1) is 8.26. The SMILES string of the molecule is CCC(C)CC(CC)NCCN1CCOCC1. The van der Waals surface area contributed by atoms with Gasteiger partial charge in [-0.1, -0.05) is 27.2 Å². The van der Waals surface area contributed by atoms with Gasteiger partial charge < -0.3 is 10.1 Å². The Morgan fingerprint density at radius 1 is 1.18 bits per heavy atom. The van der Waals surface area contributed by atoms with Crippen molar-refractivity contribution in [2.75, 3.05) is 39.4 Å². The highest BCUT2D eigenvalue weighted by Gasteiger charge is 2.12. The van der Waals surface area contributed by atoms with Crippen molar-refractivity contribution in [3.8, 4) is 0 Å². The number of nitrogens with zero attached hydrogens (tertiary/aromatic N) is 1. The standard InChI is InChI=1S/C14H30N2O/c1-4-13(3)12-14(5-2)15-6-7-16-8-10-17-11-9-16/h13-15H,4-12H2,1-3H3. The van der Waals surface area contributed by atoms with Gasteiger partial charge in [0.15, 0.2) is 0 Å². The van der Waals surface area contributed by atoms with Crippen molar-refractivity contribution in [3.05, 3.63) is 0 Å². The van der Waals surface area contributed by atoms with E-state index < -0.39 is 0 Å². The van der Waals surface area contributed by atoms with Crippen molar-refractivity contribution >= 4 is 0 Å². The smallest absolute Gasteiger partial charge is 0.0594 e. The van der Waals surface area contributed by atoms with Crippen LogP contribution >= 0.6 is 0 Å². The van der Waals surface area contributed by atoms with E-state index in [2.05, 4.69) is 31.0 Å². The molecule has 0 aromatic heterocycles. The van der Waals surface area contributed by atoms with Crippen LogP contribution in [0.15, 0.2) is 0 Å². The third-order valence-corrected chi connectivity index (χ3v) is 3.84. The average molecular weight is 242 g/mol. The third kappa shape index (κ3) is 6.39. The lowest BCUT2D eigenvalue weighted by molar-refractivity contribution is 0.0380. The molecule has 1 saturated heterocycles. The fourth-order valence-electron chi connectivity index (χ4n) is 2.30. The summed E-state index contributed by atoms with van der Waals surface area (Å²) in [7, 11) is 0.